The van der Waals surface area contributed by atoms with Crippen LogP contribution in [0.2, 0.25) is 0 Å². The second kappa shape index (κ2) is 2.43. The molecule has 1 aromatic rings. The van der Waals surface area contributed by atoms with E-state index in [1.807, 2.05) is 13.8 Å². The average Bonchev–Trinajstić information content (AvgIpc) is 1.83. The second-order valence-electron chi connectivity index (χ2n) is 1.93. The fourth-order valence-electron chi connectivity index (χ4n) is 0.588. The molecule has 2 nitrogen and oxygen atoms in total. The summed E-state index contributed by atoms with van der Waals surface area (Å²) >= 11 is 3.38. The van der Waals surface area contributed by atoms with Crippen molar-refractivity contribution in [3.05, 3.63) is 21.9 Å². The lowest BCUT2D eigenvalue weighted by atomic mass is 10.3. The Balaban J connectivity index is 3.25. The smallest absolute Gasteiger partial charge is 0.0744 e. The molecule has 0 saturated heterocycles. The molecule has 0 aliphatic rings. The summed E-state index contributed by atoms with van der Waals surface area (Å²) in [5, 5.41) is 7.61. The number of aromatic nitrogens is 2. The Morgan fingerprint density at radius 1 is 1.44 bits per heavy atom. The zero-order valence-corrected chi connectivity index (χ0v) is 6.94. The van der Waals surface area contributed by atoms with Crippen molar-refractivity contribution in [3.8, 4) is 0 Å². The van der Waals surface area contributed by atoms with Crippen molar-refractivity contribution in [3.63, 3.8) is 0 Å². The van der Waals surface area contributed by atoms with Gasteiger partial charge in [0.2, 0.25) is 0 Å². The lowest BCUT2D eigenvalue weighted by molar-refractivity contribution is 0.955. The summed E-state index contributed by atoms with van der Waals surface area (Å²) in [7, 11) is 0. The summed E-state index contributed by atoms with van der Waals surface area (Å²) in [6, 6.07) is 0. The van der Waals surface area contributed by atoms with Crippen LogP contribution in [0.1, 0.15) is 11.3 Å². The van der Waals surface area contributed by atoms with Gasteiger partial charge in [-0.2, -0.15) is 10.2 Å². The third-order valence-electron chi connectivity index (χ3n) is 1.12. The largest absolute Gasteiger partial charge is 0.159 e. The Bertz CT molecular complexity index is 202. The number of hydrogen-bond acceptors (Lipinski definition) is 2. The van der Waals surface area contributed by atoms with Gasteiger partial charge in [0, 0.05) is 4.47 Å². The molecular weight excluding hydrogens is 180 g/mol. The monoisotopic (exact) mass is 186 g/mol. The van der Waals surface area contributed by atoms with Crippen LogP contribution < -0.4 is 0 Å². The topological polar surface area (TPSA) is 25.8 Å². The number of halogens is 1. The first-order valence-corrected chi connectivity index (χ1v) is 3.45. The highest BCUT2D eigenvalue weighted by atomic mass is 79.9. The van der Waals surface area contributed by atoms with Crippen molar-refractivity contribution < 1.29 is 0 Å². The van der Waals surface area contributed by atoms with Crippen molar-refractivity contribution >= 4 is 15.9 Å². The SMILES string of the molecule is Cc1cnnc(C)c1Br. The molecule has 1 heterocycles. The Morgan fingerprint density at radius 2 is 2.11 bits per heavy atom. The van der Waals surface area contributed by atoms with Gasteiger partial charge in [-0.25, -0.2) is 0 Å². The number of rotatable bonds is 0. The lowest BCUT2D eigenvalue weighted by Gasteiger charge is -1.96. The van der Waals surface area contributed by atoms with Crippen LogP contribution in [-0.4, -0.2) is 10.2 Å². The molecule has 0 unspecified atom stereocenters. The van der Waals surface area contributed by atoms with E-state index in [1.54, 1.807) is 6.20 Å². The maximum atomic E-state index is 3.84. The molecule has 0 bridgehead atoms. The highest BCUT2D eigenvalue weighted by molar-refractivity contribution is 9.10. The Labute approximate surface area is 62.4 Å². The lowest BCUT2D eigenvalue weighted by Crippen LogP contribution is -1.88. The fraction of sp³-hybridized carbons (Fsp3) is 0.333. The van der Waals surface area contributed by atoms with Crippen LogP contribution in [0.15, 0.2) is 10.7 Å². The summed E-state index contributed by atoms with van der Waals surface area (Å²) in [4.78, 5) is 0. The molecule has 0 amide bonds. The molecule has 48 valence electrons. The summed E-state index contributed by atoms with van der Waals surface area (Å²) in [5.74, 6) is 0. The zero-order chi connectivity index (χ0) is 6.85. The molecular formula is C6H7BrN2. The van der Waals surface area contributed by atoms with E-state index >= 15 is 0 Å². The molecule has 0 fully saturated rings. The van der Waals surface area contributed by atoms with Crippen LogP contribution in [0.5, 0.6) is 0 Å². The molecule has 0 saturated carbocycles. The molecule has 0 N–H and O–H groups in total. The third kappa shape index (κ3) is 1.27. The third-order valence-corrected chi connectivity index (χ3v) is 2.32. The van der Waals surface area contributed by atoms with Crippen molar-refractivity contribution in [2.24, 2.45) is 0 Å². The first-order valence-electron chi connectivity index (χ1n) is 2.66. The molecule has 0 aromatic carbocycles. The molecule has 3 heteroatoms. The van der Waals surface area contributed by atoms with Gasteiger partial charge in [0.15, 0.2) is 0 Å². The van der Waals surface area contributed by atoms with E-state index in [2.05, 4.69) is 26.1 Å². The van der Waals surface area contributed by atoms with Crippen LogP contribution in [0.3, 0.4) is 0 Å². The molecule has 0 radical (unpaired) electrons. The van der Waals surface area contributed by atoms with Gasteiger partial charge in [-0.1, -0.05) is 0 Å². The van der Waals surface area contributed by atoms with E-state index in [0.717, 1.165) is 15.7 Å². The van der Waals surface area contributed by atoms with Gasteiger partial charge in [-0.3, -0.25) is 0 Å². The van der Waals surface area contributed by atoms with Gasteiger partial charge in [0.05, 0.1) is 11.9 Å². The molecule has 0 aliphatic heterocycles. The standard InChI is InChI=1S/C6H7BrN2/c1-4-3-8-9-5(2)6(4)7/h3H,1-2H3. The highest BCUT2D eigenvalue weighted by Crippen LogP contribution is 2.15. The quantitative estimate of drug-likeness (QED) is 0.619. The van der Waals surface area contributed by atoms with Gasteiger partial charge in [0.1, 0.15) is 0 Å². The Kier molecular flexibility index (Phi) is 1.81. The van der Waals surface area contributed by atoms with E-state index in [0.29, 0.717) is 0 Å². The summed E-state index contributed by atoms with van der Waals surface area (Å²) in [6.07, 6.45) is 1.73. The second-order valence-corrected chi connectivity index (χ2v) is 2.72. The van der Waals surface area contributed by atoms with Crippen LogP contribution in [0.25, 0.3) is 0 Å². The predicted molar refractivity (Wildman–Crippen MR) is 39.2 cm³/mol. The Morgan fingerprint density at radius 3 is 2.56 bits per heavy atom. The number of nitrogens with zero attached hydrogens (tertiary/aromatic N) is 2. The van der Waals surface area contributed by atoms with Crippen LogP contribution in [0.4, 0.5) is 0 Å². The molecule has 1 rings (SSSR count). The normalized spacial score (nSPS) is 9.67. The molecule has 0 atom stereocenters. The minimum atomic E-state index is 0.940. The van der Waals surface area contributed by atoms with E-state index in [4.69, 9.17) is 0 Å². The molecule has 9 heavy (non-hydrogen) atoms. The predicted octanol–water partition coefficient (Wildman–Crippen LogP) is 1.86. The Hall–Kier alpha value is -0.440. The van der Waals surface area contributed by atoms with E-state index in [1.165, 1.54) is 0 Å². The maximum Gasteiger partial charge on any atom is 0.0744 e. The minimum Gasteiger partial charge on any atom is -0.159 e. The van der Waals surface area contributed by atoms with Crippen molar-refractivity contribution in [2.75, 3.05) is 0 Å². The molecule has 0 spiro atoms. The highest BCUT2D eigenvalue weighted by Gasteiger charge is 1.96. The van der Waals surface area contributed by atoms with Gasteiger partial charge < -0.3 is 0 Å². The van der Waals surface area contributed by atoms with Gasteiger partial charge in [-0.05, 0) is 35.3 Å². The summed E-state index contributed by atoms with van der Waals surface area (Å²) in [6.45, 7) is 3.91. The summed E-state index contributed by atoms with van der Waals surface area (Å²) in [5.41, 5.74) is 2.07. The van der Waals surface area contributed by atoms with Crippen molar-refractivity contribution in [1.82, 2.24) is 10.2 Å². The van der Waals surface area contributed by atoms with E-state index in [9.17, 15) is 0 Å². The molecule has 1 aromatic heterocycles. The van der Waals surface area contributed by atoms with Crippen molar-refractivity contribution in [1.29, 1.82) is 0 Å². The number of aryl methyl sites for hydroxylation is 2. The van der Waals surface area contributed by atoms with Gasteiger partial charge >= 0.3 is 0 Å². The van der Waals surface area contributed by atoms with E-state index in [-0.39, 0.29) is 0 Å². The van der Waals surface area contributed by atoms with Gasteiger partial charge in [0.25, 0.3) is 0 Å². The van der Waals surface area contributed by atoms with Gasteiger partial charge in [-0.15, -0.1) is 0 Å². The maximum absolute atomic E-state index is 3.84. The average molecular weight is 187 g/mol. The fourth-order valence-corrected chi connectivity index (χ4v) is 0.770. The van der Waals surface area contributed by atoms with E-state index < -0.39 is 0 Å². The van der Waals surface area contributed by atoms with Crippen LogP contribution in [0, 0.1) is 13.8 Å². The van der Waals surface area contributed by atoms with Crippen molar-refractivity contribution in [2.45, 2.75) is 13.8 Å². The summed E-state index contributed by atoms with van der Waals surface area (Å²) < 4.78 is 1.05. The first kappa shape index (κ1) is 6.68. The van der Waals surface area contributed by atoms with Crippen LogP contribution >= 0.6 is 15.9 Å². The zero-order valence-electron chi connectivity index (χ0n) is 5.35. The van der Waals surface area contributed by atoms with Crippen LogP contribution in [-0.2, 0) is 0 Å². The molecule has 0 aliphatic carbocycles. The number of hydrogen-bond donors (Lipinski definition) is 0. The first-order chi connectivity index (χ1) is 4.22. The minimum absolute atomic E-state index is 0.940.